The van der Waals surface area contributed by atoms with E-state index in [9.17, 15) is 23.7 Å². The third kappa shape index (κ3) is 3.14. The highest BCUT2D eigenvalue weighted by molar-refractivity contribution is 7.92. The smallest absolute Gasteiger partial charge is 0.217 e. The summed E-state index contributed by atoms with van der Waals surface area (Å²) in [7, 11) is -3.72. The van der Waals surface area contributed by atoms with Crippen LogP contribution in [0.15, 0.2) is 29.2 Å². The highest BCUT2D eigenvalue weighted by Gasteiger charge is 2.34. The Bertz CT molecular complexity index is 879. The quantitative estimate of drug-likeness (QED) is 0.774. The molecule has 25 heavy (non-hydrogen) atoms. The maximum absolute atomic E-state index is 12.9. The maximum atomic E-state index is 12.9. The Kier molecular flexibility index (Phi) is 4.79. The fraction of sp³-hybridized carbons (Fsp3) is 0.444. The first-order valence-electron chi connectivity index (χ1n) is 8.44. The molecule has 1 aliphatic carbocycles. The minimum atomic E-state index is -3.72. The molecular weight excluding hydrogens is 342 g/mol. The molecule has 1 heterocycles. The summed E-state index contributed by atoms with van der Waals surface area (Å²) in [6, 6.07) is 6.23. The van der Waals surface area contributed by atoms with Gasteiger partial charge in [-0.15, -0.1) is 0 Å². The summed E-state index contributed by atoms with van der Waals surface area (Å²) in [4.78, 5) is -0.249. The Morgan fingerprint density at radius 3 is 2.44 bits per heavy atom. The number of benzene rings is 1. The number of aliphatic hydroxyl groups is 1. The van der Waals surface area contributed by atoms with E-state index in [2.05, 4.69) is 0 Å². The molecule has 2 aromatic rings. The number of aliphatic hydroxyl groups excluding tert-OH is 1. The zero-order valence-corrected chi connectivity index (χ0v) is 15.0. The van der Waals surface area contributed by atoms with Crippen molar-refractivity contribution in [1.29, 1.82) is 0 Å². The van der Waals surface area contributed by atoms with Gasteiger partial charge in [0.2, 0.25) is 5.88 Å². The van der Waals surface area contributed by atoms with Crippen LogP contribution >= 0.6 is 0 Å². The average Bonchev–Trinajstić information content (AvgIpc) is 2.91. The van der Waals surface area contributed by atoms with E-state index in [1.165, 1.54) is 0 Å². The van der Waals surface area contributed by atoms with Crippen LogP contribution in [0.1, 0.15) is 43.2 Å². The van der Waals surface area contributed by atoms with Gasteiger partial charge >= 0.3 is 0 Å². The molecule has 136 valence electrons. The van der Waals surface area contributed by atoms with Crippen molar-refractivity contribution in [3.63, 3.8) is 0 Å². The van der Waals surface area contributed by atoms with Gasteiger partial charge in [-0.1, -0.05) is 37.0 Å². The molecular formula is C18H23NO5S. The van der Waals surface area contributed by atoms with Crippen molar-refractivity contribution in [3.05, 3.63) is 35.4 Å². The zero-order valence-electron chi connectivity index (χ0n) is 14.1. The Morgan fingerprint density at radius 1 is 1.12 bits per heavy atom. The van der Waals surface area contributed by atoms with Crippen molar-refractivity contribution < 1.29 is 23.7 Å². The summed E-state index contributed by atoms with van der Waals surface area (Å²) in [5, 5.41) is 29.9. The van der Waals surface area contributed by atoms with Gasteiger partial charge < -0.3 is 15.3 Å². The molecule has 1 aromatic carbocycles. The van der Waals surface area contributed by atoms with E-state index in [4.69, 9.17) is 0 Å². The second-order valence-electron chi connectivity index (χ2n) is 6.62. The Hall–Kier alpha value is -1.99. The first kappa shape index (κ1) is 17.8. The van der Waals surface area contributed by atoms with Crippen molar-refractivity contribution in [1.82, 2.24) is 4.57 Å². The van der Waals surface area contributed by atoms with Crippen molar-refractivity contribution in [2.45, 2.75) is 55.8 Å². The molecule has 1 saturated carbocycles. The van der Waals surface area contributed by atoms with Crippen LogP contribution in [-0.4, -0.2) is 33.6 Å². The molecule has 0 unspecified atom stereocenters. The van der Waals surface area contributed by atoms with Gasteiger partial charge in [0, 0.05) is 11.6 Å². The lowest BCUT2D eigenvalue weighted by molar-refractivity contribution is 0.281. The standard InChI is InChI=1S/C18H23NO5S/c1-12-7-8-15(13(9-12)11-20)19-17(21)10-16(18(19)22)25(23,24)14-5-3-2-4-6-14/h7-10,14,20-22H,2-6,11H2,1H3. The summed E-state index contributed by atoms with van der Waals surface area (Å²) in [5.41, 5.74) is 1.75. The van der Waals surface area contributed by atoms with Gasteiger partial charge in [-0.25, -0.2) is 8.42 Å². The normalized spacial score (nSPS) is 16.2. The van der Waals surface area contributed by atoms with Crippen LogP contribution in [-0.2, 0) is 16.4 Å². The van der Waals surface area contributed by atoms with Crippen LogP contribution in [0.2, 0.25) is 0 Å². The first-order chi connectivity index (χ1) is 11.9. The third-order valence-electron chi connectivity index (χ3n) is 4.87. The molecule has 0 aliphatic heterocycles. The molecule has 7 heteroatoms. The van der Waals surface area contributed by atoms with Gasteiger partial charge in [0.1, 0.15) is 4.90 Å². The molecule has 3 N–H and O–H groups in total. The molecule has 0 bridgehead atoms. The first-order valence-corrected chi connectivity index (χ1v) is 9.99. The van der Waals surface area contributed by atoms with E-state index in [0.717, 1.165) is 35.5 Å². The number of nitrogens with zero attached hydrogens (tertiary/aromatic N) is 1. The Labute approximate surface area is 147 Å². The summed E-state index contributed by atoms with van der Waals surface area (Å²) >= 11 is 0. The molecule has 0 atom stereocenters. The molecule has 6 nitrogen and oxygen atoms in total. The largest absolute Gasteiger partial charge is 0.494 e. The maximum Gasteiger partial charge on any atom is 0.217 e. The van der Waals surface area contributed by atoms with Crippen LogP contribution in [0.25, 0.3) is 5.69 Å². The monoisotopic (exact) mass is 365 g/mol. The predicted molar refractivity (Wildman–Crippen MR) is 93.8 cm³/mol. The van der Waals surface area contributed by atoms with Gasteiger partial charge in [-0.3, -0.25) is 4.57 Å². The van der Waals surface area contributed by atoms with Crippen molar-refractivity contribution in [3.8, 4) is 17.4 Å². The van der Waals surface area contributed by atoms with E-state index in [1.807, 2.05) is 6.92 Å². The van der Waals surface area contributed by atoms with E-state index in [1.54, 1.807) is 18.2 Å². The zero-order chi connectivity index (χ0) is 18.2. The molecule has 0 saturated heterocycles. The number of aromatic hydroxyl groups is 2. The van der Waals surface area contributed by atoms with E-state index < -0.39 is 21.0 Å². The fourth-order valence-corrected chi connectivity index (χ4v) is 5.45. The molecule has 0 spiro atoms. The number of rotatable bonds is 4. The van der Waals surface area contributed by atoms with Crippen molar-refractivity contribution in [2.75, 3.05) is 0 Å². The second kappa shape index (κ2) is 6.72. The SMILES string of the molecule is Cc1ccc(-n2c(O)cc(S(=O)(=O)C3CCCCC3)c2O)c(CO)c1. The van der Waals surface area contributed by atoms with Gasteiger partial charge in [-0.2, -0.15) is 0 Å². The van der Waals surface area contributed by atoms with Gasteiger partial charge in [0.05, 0.1) is 17.5 Å². The van der Waals surface area contributed by atoms with Gasteiger partial charge in [0.15, 0.2) is 15.7 Å². The lowest BCUT2D eigenvalue weighted by atomic mass is 10.0. The minimum Gasteiger partial charge on any atom is -0.494 e. The van der Waals surface area contributed by atoms with Gasteiger partial charge in [-0.05, 0) is 25.8 Å². The Balaban J connectivity index is 2.11. The van der Waals surface area contributed by atoms with Gasteiger partial charge in [0.25, 0.3) is 0 Å². The van der Waals surface area contributed by atoms with Crippen LogP contribution < -0.4 is 0 Å². The lowest BCUT2D eigenvalue weighted by Gasteiger charge is -2.21. The fourth-order valence-electron chi connectivity index (χ4n) is 3.53. The van der Waals surface area contributed by atoms with E-state index in [-0.39, 0.29) is 17.4 Å². The summed E-state index contributed by atoms with van der Waals surface area (Å²) < 4.78 is 26.8. The van der Waals surface area contributed by atoms with Crippen LogP contribution in [0, 0.1) is 6.92 Å². The number of aryl methyl sites for hydroxylation is 1. The van der Waals surface area contributed by atoms with Crippen LogP contribution in [0.5, 0.6) is 11.8 Å². The van der Waals surface area contributed by atoms with Crippen molar-refractivity contribution in [2.24, 2.45) is 0 Å². The van der Waals surface area contributed by atoms with E-state index >= 15 is 0 Å². The lowest BCUT2D eigenvalue weighted by Crippen LogP contribution is -2.23. The molecule has 1 aliphatic rings. The summed E-state index contributed by atoms with van der Waals surface area (Å²) in [6.07, 6.45) is 3.86. The topological polar surface area (TPSA) is 99.8 Å². The van der Waals surface area contributed by atoms with E-state index in [0.29, 0.717) is 24.1 Å². The predicted octanol–water partition coefficient (Wildman–Crippen LogP) is 2.80. The molecule has 3 rings (SSSR count). The number of aromatic nitrogens is 1. The highest BCUT2D eigenvalue weighted by atomic mass is 32.2. The van der Waals surface area contributed by atoms with Crippen molar-refractivity contribution >= 4 is 9.84 Å². The number of sulfone groups is 1. The third-order valence-corrected chi connectivity index (χ3v) is 7.13. The number of hydrogen-bond donors (Lipinski definition) is 3. The minimum absolute atomic E-state index is 0.249. The Morgan fingerprint density at radius 2 is 1.80 bits per heavy atom. The molecule has 0 radical (unpaired) electrons. The van der Waals surface area contributed by atoms with Crippen LogP contribution in [0.4, 0.5) is 0 Å². The second-order valence-corrected chi connectivity index (χ2v) is 8.82. The van der Waals surface area contributed by atoms with Crippen LogP contribution in [0.3, 0.4) is 0 Å². The molecule has 1 fully saturated rings. The average molecular weight is 365 g/mol. The molecule has 1 aromatic heterocycles. The summed E-state index contributed by atoms with van der Waals surface area (Å²) in [6.45, 7) is 1.57. The number of hydrogen-bond acceptors (Lipinski definition) is 5. The summed E-state index contributed by atoms with van der Waals surface area (Å²) in [5.74, 6) is -0.882. The molecule has 0 amide bonds. The highest BCUT2D eigenvalue weighted by Crippen LogP contribution is 2.39.